The molecule has 114 heavy (non-hydrogen) atoms. The van der Waals surface area contributed by atoms with Gasteiger partial charge in [0.15, 0.2) is 28.6 Å². The number of carbonyl (C=O) groups excluding carboxylic acids is 3. The fourth-order valence-corrected chi connectivity index (χ4v) is 13.4. The Morgan fingerprint density at radius 2 is 0.851 bits per heavy atom. The number of rotatable bonds is 15. The maximum absolute atomic E-state index is 14.0. The van der Waals surface area contributed by atoms with Crippen LogP contribution in [0, 0.1) is 60.5 Å². The third-order valence-corrected chi connectivity index (χ3v) is 22.1. The summed E-state index contributed by atoms with van der Waals surface area (Å²) >= 11 is 5.43. The molecule has 598 valence electrons. The van der Waals surface area contributed by atoms with Crippen molar-refractivity contribution < 1.29 is 53.9 Å². The van der Waals surface area contributed by atoms with Crippen molar-refractivity contribution >= 4 is 75.2 Å². The third kappa shape index (κ3) is 25.9. The number of benzene rings is 6. The lowest BCUT2D eigenvalue weighted by Gasteiger charge is -2.33. The Bertz CT molecular complexity index is 5180. The number of aryl methyl sites for hydroxylation is 3. The number of carbonyl (C=O) groups is 3. The van der Waals surface area contributed by atoms with E-state index in [-0.39, 0.29) is 66.4 Å². The summed E-state index contributed by atoms with van der Waals surface area (Å²) in [7, 11) is 4.95. The molecule has 27 heteroatoms. The average Bonchev–Trinajstić information content (AvgIpc) is 1.18. The Hall–Kier alpha value is -9.19. The number of terminal acetylenes is 2. The lowest BCUT2D eigenvalue weighted by atomic mass is 9.96. The van der Waals surface area contributed by atoms with Crippen LogP contribution >= 0.6 is 38.5 Å². The van der Waals surface area contributed by atoms with E-state index in [9.17, 15) is 53.9 Å². The number of ketones is 3. The molecule has 3 fully saturated rings. The summed E-state index contributed by atoms with van der Waals surface area (Å²) in [5.74, 6) is 7.83. The SMILES string of the molecule is Brc1cnc2cccnn12.C#C[Si](C)(C)C.C#Cc1cc(C(=O)Cc2ccc(CN3CCN(C)CC3)c(C(F)(F)F)c2)ccc1C.Cc1ccc(C(=O)Cc2ccc(CN3CCN(C)CC3)c(C(F)(F)F)c2)cc1C#Cc1cnc2cccnn12.Cc1ccc(C(=O)Cc2ccc(CN3CCN(C)CC3)cc2C(F)(F)F)cc1I. The molecule has 3 saturated heterocycles. The molecular formula is C87H91BrF9IN12O3Si. The van der Waals surface area contributed by atoms with Gasteiger partial charge in [-0.25, -0.2) is 19.0 Å². The number of fused-ring (bicyclic) bond motifs is 2. The number of likely N-dealkylation sites (N-methyl/N-ethyl adjacent to an activating group) is 3. The van der Waals surface area contributed by atoms with Gasteiger partial charge in [-0.1, -0.05) is 104 Å². The average molecular weight is 1760 g/mol. The van der Waals surface area contributed by atoms with Gasteiger partial charge in [0.05, 0.1) is 29.1 Å². The Balaban J connectivity index is 0.000000179. The number of halogens is 11. The van der Waals surface area contributed by atoms with Gasteiger partial charge in [-0.3, -0.25) is 29.1 Å². The molecule has 10 aromatic rings. The Labute approximate surface area is 683 Å². The summed E-state index contributed by atoms with van der Waals surface area (Å²) < 4.78 is 129. The van der Waals surface area contributed by atoms with E-state index in [4.69, 9.17) is 12.8 Å². The minimum Gasteiger partial charge on any atom is -0.304 e. The molecule has 3 aliphatic rings. The number of imidazole rings is 2. The molecule has 13 rings (SSSR count). The molecule has 4 aromatic heterocycles. The van der Waals surface area contributed by atoms with Gasteiger partial charge in [-0.05, 0) is 197 Å². The first-order valence-corrected chi connectivity index (χ1v) is 42.3. The van der Waals surface area contributed by atoms with Gasteiger partial charge < -0.3 is 14.7 Å². The second-order valence-corrected chi connectivity index (χ2v) is 36.4. The van der Waals surface area contributed by atoms with Gasteiger partial charge in [0.2, 0.25) is 0 Å². The Morgan fingerprint density at radius 3 is 1.31 bits per heavy atom. The molecule has 0 aliphatic carbocycles. The Morgan fingerprint density at radius 1 is 0.465 bits per heavy atom. The Kier molecular flexibility index (Phi) is 31.1. The second kappa shape index (κ2) is 39.9. The van der Waals surface area contributed by atoms with E-state index in [0.29, 0.717) is 62.4 Å². The molecule has 0 N–H and O–H groups in total. The van der Waals surface area contributed by atoms with Crippen molar-refractivity contribution in [2.75, 3.05) is 99.7 Å². The van der Waals surface area contributed by atoms with Crippen LogP contribution in [0.4, 0.5) is 39.5 Å². The topological polar surface area (TPSA) is 131 Å². The molecule has 3 aliphatic heterocycles. The lowest BCUT2D eigenvalue weighted by molar-refractivity contribution is -0.139. The molecule has 0 spiro atoms. The molecule has 0 saturated carbocycles. The highest BCUT2D eigenvalue weighted by Crippen LogP contribution is 2.37. The summed E-state index contributed by atoms with van der Waals surface area (Å²) in [6.45, 7) is 22.8. The van der Waals surface area contributed by atoms with Crippen molar-refractivity contribution in [3.8, 4) is 36.2 Å². The van der Waals surface area contributed by atoms with Crippen LogP contribution in [0.2, 0.25) is 19.6 Å². The molecule has 6 aromatic carbocycles. The number of hydrogen-bond donors (Lipinski definition) is 0. The van der Waals surface area contributed by atoms with Crippen LogP contribution in [0.15, 0.2) is 163 Å². The number of piperazine rings is 3. The van der Waals surface area contributed by atoms with Crippen molar-refractivity contribution in [2.45, 2.75) is 97.8 Å². The van der Waals surface area contributed by atoms with Crippen LogP contribution in [0.25, 0.3) is 11.3 Å². The highest BCUT2D eigenvalue weighted by molar-refractivity contribution is 14.1. The zero-order chi connectivity index (χ0) is 82.8. The van der Waals surface area contributed by atoms with Gasteiger partial charge in [0, 0.05) is 161 Å². The minimum atomic E-state index is -4.50. The lowest BCUT2D eigenvalue weighted by Crippen LogP contribution is -2.44. The number of aromatic nitrogens is 6. The summed E-state index contributed by atoms with van der Waals surface area (Å²) in [5, 5.41) is 8.30. The maximum Gasteiger partial charge on any atom is 0.416 e. The van der Waals surface area contributed by atoms with Crippen LogP contribution in [-0.2, 0) is 57.4 Å². The monoisotopic (exact) mass is 1760 g/mol. The van der Waals surface area contributed by atoms with E-state index < -0.39 is 43.3 Å². The molecule has 7 heterocycles. The molecule has 0 radical (unpaired) electrons. The van der Waals surface area contributed by atoms with Crippen molar-refractivity contribution in [1.82, 2.24) is 58.6 Å². The highest BCUT2D eigenvalue weighted by atomic mass is 127. The van der Waals surface area contributed by atoms with E-state index in [1.807, 2.05) is 76.0 Å². The van der Waals surface area contributed by atoms with Crippen LogP contribution in [0.1, 0.15) is 115 Å². The van der Waals surface area contributed by atoms with Gasteiger partial charge in [0.1, 0.15) is 18.4 Å². The molecule has 0 amide bonds. The third-order valence-electron chi connectivity index (χ3n) is 19.5. The van der Waals surface area contributed by atoms with Crippen LogP contribution in [-0.4, -0.2) is 184 Å². The zero-order valence-corrected chi connectivity index (χ0v) is 69.9. The summed E-state index contributed by atoms with van der Waals surface area (Å²) in [5.41, 5.74) is 9.95. The normalized spacial score (nSPS) is 14.8. The first kappa shape index (κ1) is 88.8. The number of nitrogens with zero attached hydrogens (tertiary/aromatic N) is 12. The van der Waals surface area contributed by atoms with Gasteiger partial charge in [0.25, 0.3) is 0 Å². The maximum atomic E-state index is 14.0. The molecule has 0 atom stereocenters. The van der Waals surface area contributed by atoms with Crippen LogP contribution < -0.4 is 0 Å². The van der Waals surface area contributed by atoms with Gasteiger partial charge in [-0.15, -0.1) is 18.4 Å². The quantitative estimate of drug-likeness (QED) is 0.0318. The zero-order valence-electron chi connectivity index (χ0n) is 65.1. The summed E-state index contributed by atoms with van der Waals surface area (Å²) in [4.78, 5) is 59.4. The van der Waals surface area contributed by atoms with Crippen molar-refractivity contribution in [2.24, 2.45) is 0 Å². The number of hydrogen-bond acceptors (Lipinski definition) is 13. The van der Waals surface area contributed by atoms with Crippen molar-refractivity contribution in [3.05, 3.63) is 267 Å². The van der Waals surface area contributed by atoms with Crippen molar-refractivity contribution in [1.29, 1.82) is 0 Å². The van der Waals surface area contributed by atoms with E-state index in [2.05, 4.69) is 121 Å². The summed E-state index contributed by atoms with van der Waals surface area (Å²) in [6, 6.07) is 35.7. The molecule has 0 unspecified atom stereocenters. The predicted molar refractivity (Wildman–Crippen MR) is 443 cm³/mol. The van der Waals surface area contributed by atoms with Crippen molar-refractivity contribution in [3.63, 3.8) is 0 Å². The fourth-order valence-electron chi connectivity index (χ4n) is 12.5. The highest BCUT2D eigenvalue weighted by Gasteiger charge is 2.37. The molecule has 0 bridgehead atoms. The summed E-state index contributed by atoms with van der Waals surface area (Å²) in [6.07, 6.45) is 3.33. The van der Waals surface area contributed by atoms with Crippen LogP contribution in [0.5, 0.6) is 0 Å². The first-order chi connectivity index (χ1) is 53.9. The van der Waals surface area contributed by atoms with Gasteiger partial charge in [-0.2, -0.15) is 49.7 Å². The van der Waals surface area contributed by atoms with E-state index in [1.54, 1.807) is 107 Å². The van der Waals surface area contributed by atoms with E-state index in [0.717, 1.165) is 121 Å². The smallest absolute Gasteiger partial charge is 0.304 e. The van der Waals surface area contributed by atoms with E-state index in [1.165, 1.54) is 24.3 Å². The predicted octanol–water partition coefficient (Wildman–Crippen LogP) is 16.6. The molecular weight excluding hydrogens is 1670 g/mol. The first-order valence-electron chi connectivity index (χ1n) is 37.0. The van der Waals surface area contributed by atoms with Gasteiger partial charge >= 0.3 is 18.5 Å². The van der Waals surface area contributed by atoms with E-state index >= 15 is 0 Å². The number of Topliss-reactive ketones (excluding diaryl/α,β-unsaturated/α-hetero) is 3. The fraction of sp³-hybridized carbons (Fsp3) is 0.345. The minimum absolute atomic E-state index is 0.0280. The van der Waals surface area contributed by atoms with Crippen LogP contribution in [0.3, 0.4) is 0 Å². The standard InChI is InChI=1S/C30H28F3N5O.C24H25F3N2O.C22H24F3IN2O.C6H4BrN3.C5H10Si/c1-21-5-7-24(18-23(21)9-10-26-19-34-29-4-3-11-35-38(26)29)28(39)17-22-6-8-25(27(16-22)30(31,32)33)20-37-14-12-36(2)13-15-37;1-4-19-15-20(7-5-17(19)2)23(30)14-18-6-8-21(22(13-18)24(25,26)27)16-29-11-9-28(3)10-12-29;1-15-3-5-18(12-20(15)26)21(29)13-17-6-4-16(11-19(17)22(23,24)25)14-28-9-7-27(2)8-10-28;7-5-4-8-6-2-1-3-9-10(5)6;1-5-6(2,3)4/h3-8,11,16,18-19H,12-15,17,20H2,1-2H3;1,5-8,13,15H,9-12,14,16H2,2-3H3;3-6,11-12H,7-10,13-14H2,1-2H3;1-4H;1H,2-4H3. The molecule has 15 nitrogen and oxygen atoms in total. The second-order valence-electron chi connectivity index (χ2n) is 29.6. The number of alkyl halides is 9. The largest absolute Gasteiger partial charge is 0.416 e.